The molecule has 7 aromatic rings. The summed E-state index contributed by atoms with van der Waals surface area (Å²) in [6.07, 6.45) is 5.22. The summed E-state index contributed by atoms with van der Waals surface area (Å²) in [5.74, 6) is 1.17. The Morgan fingerprint density at radius 2 is 1.82 bits per heavy atom. The third-order valence-corrected chi connectivity index (χ3v) is 6.86. The number of aromatic nitrogens is 8. The number of nitrogens with zero attached hydrogens (tertiary/aromatic N) is 6. The maximum atomic E-state index is 13.7. The highest BCUT2D eigenvalue weighted by molar-refractivity contribution is 6.06. The second kappa shape index (κ2) is 8.41. The lowest BCUT2D eigenvalue weighted by molar-refractivity contribution is 0.673. The molecule has 38 heavy (non-hydrogen) atoms. The number of H-pyrrole nitrogens is 2. The van der Waals surface area contributed by atoms with E-state index in [1.165, 1.54) is 6.33 Å². The van der Waals surface area contributed by atoms with Crippen LogP contribution in [0, 0.1) is 6.92 Å². The van der Waals surface area contributed by atoms with Crippen molar-refractivity contribution >= 4 is 33.3 Å². The van der Waals surface area contributed by atoms with Gasteiger partial charge in [-0.25, -0.2) is 14.5 Å². The Balaban J connectivity index is 1.38. The molecular formula is C28H23N9O. The monoisotopic (exact) mass is 501 g/mol. The number of anilines is 1. The van der Waals surface area contributed by atoms with Gasteiger partial charge in [0.15, 0.2) is 5.82 Å². The number of hydrogen-bond donors (Lipinski definition) is 3. The molecular weight excluding hydrogens is 478 g/mol. The maximum absolute atomic E-state index is 13.7. The summed E-state index contributed by atoms with van der Waals surface area (Å²) in [5, 5.41) is 17.9. The zero-order chi connectivity index (χ0) is 25.8. The quantitative estimate of drug-likeness (QED) is 0.312. The average Bonchev–Trinajstić information content (AvgIpc) is 3.66. The Kier molecular flexibility index (Phi) is 4.87. The van der Waals surface area contributed by atoms with Crippen LogP contribution in [0.4, 0.5) is 5.82 Å². The van der Waals surface area contributed by atoms with Crippen LogP contribution >= 0.6 is 0 Å². The molecule has 0 bridgehead atoms. The molecule has 0 fully saturated rings. The van der Waals surface area contributed by atoms with Gasteiger partial charge in [0.05, 0.1) is 22.6 Å². The van der Waals surface area contributed by atoms with Gasteiger partial charge in [-0.05, 0) is 43.7 Å². The number of benzene rings is 2. The fourth-order valence-electron chi connectivity index (χ4n) is 5.04. The molecule has 5 aromatic heterocycles. The molecule has 2 aromatic carbocycles. The predicted octanol–water partition coefficient (Wildman–Crippen LogP) is 4.78. The topological polar surface area (TPSA) is 122 Å². The molecule has 0 radical (unpaired) electrons. The van der Waals surface area contributed by atoms with E-state index in [9.17, 15) is 4.79 Å². The number of rotatable bonds is 5. The molecule has 0 saturated carbocycles. The molecule has 10 heteroatoms. The van der Waals surface area contributed by atoms with E-state index in [1.54, 1.807) is 9.08 Å². The van der Waals surface area contributed by atoms with E-state index in [0.717, 1.165) is 38.8 Å². The van der Waals surface area contributed by atoms with E-state index in [4.69, 9.17) is 5.10 Å². The van der Waals surface area contributed by atoms with E-state index in [-0.39, 0.29) is 11.6 Å². The first-order valence-corrected chi connectivity index (χ1v) is 12.3. The zero-order valence-corrected chi connectivity index (χ0v) is 20.7. The minimum atomic E-state index is -0.383. The normalized spacial score (nSPS) is 12.5. The second-order valence-electron chi connectivity index (χ2n) is 9.26. The summed E-state index contributed by atoms with van der Waals surface area (Å²) in [4.78, 5) is 26.0. The molecule has 5 heterocycles. The lowest BCUT2D eigenvalue weighted by Crippen LogP contribution is -2.29. The molecule has 3 N–H and O–H groups in total. The highest BCUT2D eigenvalue weighted by Crippen LogP contribution is 2.35. The standard InChI is InChI=1S/C28H23N9O/c1-16-12-13-36-24(16)28(38)37(18-8-4-3-5-9-18)27(35-36)17(2)32-26-22-20(14-29-25(22)30-15-31-26)23-19-10-6-7-11-21(19)33-34-23/h3-15,17H,1-2H3,(H,33,34)(H2,29,30,31,32)/t17-/m0/s1. The molecule has 0 amide bonds. The van der Waals surface area contributed by atoms with Gasteiger partial charge in [-0.1, -0.05) is 36.4 Å². The van der Waals surface area contributed by atoms with E-state index < -0.39 is 0 Å². The number of hydrogen-bond acceptors (Lipinski definition) is 6. The molecule has 0 spiro atoms. The first-order chi connectivity index (χ1) is 18.6. The van der Waals surface area contributed by atoms with Crippen LogP contribution in [0.15, 0.2) is 84.2 Å². The minimum absolute atomic E-state index is 0.129. The lowest BCUT2D eigenvalue weighted by Gasteiger charge is -2.20. The summed E-state index contributed by atoms with van der Waals surface area (Å²) < 4.78 is 3.31. The van der Waals surface area contributed by atoms with Crippen LogP contribution in [0.3, 0.4) is 0 Å². The third-order valence-electron chi connectivity index (χ3n) is 6.86. The van der Waals surface area contributed by atoms with Gasteiger partial charge in [-0.15, -0.1) is 0 Å². The van der Waals surface area contributed by atoms with Gasteiger partial charge >= 0.3 is 0 Å². The Morgan fingerprint density at radius 3 is 2.68 bits per heavy atom. The Bertz CT molecular complexity index is 2010. The fourth-order valence-corrected chi connectivity index (χ4v) is 5.04. The molecule has 0 aliphatic heterocycles. The van der Waals surface area contributed by atoms with Gasteiger partial charge in [0.2, 0.25) is 0 Å². The Hall–Kier alpha value is -5.25. The van der Waals surface area contributed by atoms with E-state index >= 15 is 0 Å². The number of aromatic amines is 2. The Labute approximate surface area is 216 Å². The van der Waals surface area contributed by atoms with Gasteiger partial charge in [0.1, 0.15) is 29.0 Å². The third kappa shape index (κ3) is 3.30. The summed E-state index contributed by atoms with van der Waals surface area (Å²) in [7, 11) is 0. The van der Waals surface area contributed by atoms with Crippen LogP contribution in [0.2, 0.25) is 0 Å². The predicted molar refractivity (Wildman–Crippen MR) is 147 cm³/mol. The molecule has 10 nitrogen and oxygen atoms in total. The van der Waals surface area contributed by atoms with Gasteiger partial charge in [0.25, 0.3) is 5.56 Å². The summed E-state index contributed by atoms with van der Waals surface area (Å²) in [6.45, 7) is 3.88. The summed E-state index contributed by atoms with van der Waals surface area (Å²) in [6, 6.07) is 19.1. The SMILES string of the molecule is Cc1ccn2nc([C@H](C)Nc3ncnc4[nH]cc(-c5n[nH]c6ccccc56)c34)n(-c3ccccc3)c(=O)c12. The van der Waals surface area contributed by atoms with Gasteiger partial charge in [-0.2, -0.15) is 10.2 Å². The van der Waals surface area contributed by atoms with Gasteiger partial charge in [0, 0.05) is 23.3 Å². The molecule has 7 rings (SSSR count). The molecule has 0 saturated heterocycles. The molecule has 186 valence electrons. The van der Waals surface area contributed by atoms with Crippen molar-refractivity contribution in [3.63, 3.8) is 0 Å². The number of para-hydroxylation sites is 2. The molecule has 0 unspecified atom stereocenters. The molecule has 0 aliphatic carbocycles. The van der Waals surface area contributed by atoms with Gasteiger partial charge in [-0.3, -0.25) is 14.5 Å². The van der Waals surface area contributed by atoms with Crippen LogP contribution in [-0.2, 0) is 0 Å². The average molecular weight is 502 g/mol. The first kappa shape index (κ1) is 22.0. The van der Waals surface area contributed by atoms with Gasteiger partial charge < -0.3 is 10.3 Å². The van der Waals surface area contributed by atoms with Crippen molar-refractivity contribution in [1.29, 1.82) is 0 Å². The number of aryl methyl sites for hydroxylation is 1. The fraction of sp³-hybridized carbons (Fsp3) is 0.107. The van der Waals surface area contributed by atoms with Crippen molar-refractivity contribution in [3.8, 4) is 16.9 Å². The van der Waals surface area contributed by atoms with Crippen molar-refractivity contribution in [2.24, 2.45) is 0 Å². The number of nitrogens with one attached hydrogen (secondary N) is 3. The zero-order valence-electron chi connectivity index (χ0n) is 20.7. The van der Waals surface area contributed by atoms with Crippen LogP contribution in [0.1, 0.15) is 24.4 Å². The van der Waals surface area contributed by atoms with Crippen molar-refractivity contribution in [2.45, 2.75) is 19.9 Å². The minimum Gasteiger partial charge on any atom is -0.360 e. The van der Waals surface area contributed by atoms with Crippen LogP contribution < -0.4 is 10.9 Å². The maximum Gasteiger partial charge on any atom is 0.282 e. The Morgan fingerprint density at radius 1 is 1.00 bits per heavy atom. The van der Waals surface area contributed by atoms with Crippen molar-refractivity contribution in [1.82, 2.24) is 39.3 Å². The smallest absolute Gasteiger partial charge is 0.282 e. The van der Waals surface area contributed by atoms with Crippen LogP contribution in [-0.4, -0.2) is 39.3 Å². The molecule has 0 aliphatic rings. The highest BCUT2D eigenvalue weighted by Gasteiger charge is 2.22. The summed E-state index contributed by atoms with van der Waals surface area (Å²) in [5.41, 5.74) is 5.35. The number of fused-ring (bicyclic) bond motifs is 3. The van der Waals surface area contributed by atoms with E-state index in [2.05, 4.69) is 30.5 Å². The van der Waals surface area contributed by atoms with Crippen molar-refractivity contribution < 1.29 is 0 Å². The largest absolute Gasteiger partial charge is 0.360 e. The van der Waals surface area contributed by atoms with Crippen LogP contribution in [0.25, 0.3) is 44.4 Å². The first-order valence-electron chi connectivity index (χ1n) is 12.3. The molecule has 1 atom stereocenters. The lowest BCUT2D eigenvalue weighted by atomic mass is 10.1. The second-order valence-corrected chi connectivity index (χ2v) is 9.26. The van der Waals surface area contributed by atoms with Crippen molar-refractivity contribution in [2.75, 3.05) is 5.32 Å². The highest BCUT2D eigenvalue weighted by atomic mass is 16.1. The van der Waals surface area contributed by atoms with Crippen LogP contribution in [0.5, 0.6) is 0 Å². The van der Waals surface area contributed by atoms with E-state index in [0.29, 0.717) is 22.8 Å². The van der Waals surface area contributed by atoms with E-state index in [1.807, 2.05) is 86.9 Å². The summed E-state index contributed by atoms with van der Waals surface area (Å²) >= 11 is 0. The van der Waals surface area contributed by atoms with Crippen molar-refractivity contribution in [3.05, 3.63) is 101 Å².